The van der Waals surface area contributed by atoms with E-state index in [0.717, 1.165) is 18.9 Å². The molecule has 13 heteroatoms. The Morgan fingerprint density at radius 2 is 1.89 bits per heavy atom. The molecule has 1 aromatic carbocycles. The van der Waals surface area contributed by atoms with Gasteiger partial charge in [0.15, 0.2) is 11.6 Å². The number of amides is 2. The van der Waals surface area contributed by atoms with Crippen LogP contribution in [0.15, 0.2) is 28.5 Å². The third kappa shape index (κ3) is 8.70. The Balaban J connectivity index is 0.000000583. The van der Waals surface area contributed by atoms with Crippen LogP contribution in [-0.4, -0.2) is 60.0 Å². The lowest BCUT2D eigenvalue weighted by atomic mass is 10.0. The molecule has 2 amide bonds. The zero-order valence-corrected chi connectivity index (χ0v) is 26.1. The van der Waals surface area contributed by atoms with Crippen molar-refractivity contribution in [1.29, 1.82) is 0 Å². The van der Waals surface area contributed by atoms with E-state index in [0.29, 0.717) is 36.9 Å². The van der Waals surface area contributed by atoms with Gasteiger partial charge in [-0.05, 0) is 64.0 Å². The van der Waals surface area contributed by atoms with Crippen LogP contribution in [0.5, 0.6) is 5.75 Å². The number of hydrogen-bond acceptors (Lipinski definition) is 7. The number of anilines is 1. The van der Waals surface area contributed by atoms with E-state index in [4.69, 9.17) is 10.5 Å². The quantitative estimate of drug-likeness (QED) is 0.371. The Kier molecular flexibility index (Phi) is 11.0. The maximum absolute atomic E-state index is 15.5. The van der Waals surface area contributed by atoms with Gasteiger partial charge in [0, 0.05) is 31.7 Å². The van der Waals surface area contributed by atoms with Crippen LogP contribution in [0.1, 0.15) is 83.1 Å². The molecule has 2 aromatic rings. The fourth-order valence-corrected chi connectivity index (χ4v) is 5.05. The van der Waals surface area contributed by atoms with Gasteiger partial charge in [-0.1, -0.05) is 13.8 Å². The molecule has 0 atom stereocenters. The highest BCUT2D eigenvalue weighted by Gasteiger charge is 2.32. The molecule has 1 aromatic heterocycles. The molecule has 44 heavy (non-hydrogen) atoms. The van der Waals surface area contributed by atoms with Gasteiger partial charge in [-0.3, -0.25) is 9.59 Å². The number of hydrogen-bond donors (Lipinski definition) is 3. The number of ether oxygens (including phenoxy) is 2. The van der Waals surface area contributed by atoms with Crippen molar-refractivity contribution >= 4 is 34.6 Å². The molecule has 1 saturated carbocycles. The number of carboxylic acids is 1. The first-order valence-corrected chi connectivity index (χ1v) is 14.6. The summed E-state index contributed by atoms with van der Waals surface area (Å²) in [6.07, 6.45) is 3.54. The van der Waals surface area contributed by atoms with Gasteiger partial charge >= 0.3 is 12.1 Å². The van der Waals surface area contributed by atoms with Gasteiger partial charge in [-0.15, -0.1) is 0 Å². The molecular formula is C31H42F2N4O7. The maximum atomic E-state index is 15.5. The van der Waals surface area contributed by atoms with E-state index in [9.17, 15) is 28.7 Å². The number of benzene rings is 1. The van der Waals surface area contributed by atoms with E-state index in [1.165, 1.54) is 13.3 Å². The lowest BCUT2D eigenvalue weighted by molar-refractivity contribution is -0.121. The minimum atomic E-state index is -1.37. The van der Waals surface area contributed by atoms with Crippen molar-refractivity contribution in [3.8, 4) is 5.75 Å². The number of nitrogens with zero attached hydrogens (tertiary/aromatic N) is 2. The molecule has 1 aliphatic carbocycles. The zero-order valence-electron chi connectivity index (χ0n) is 26.1. The Labute approximate surface area is 255 Å². The number of fused-ring (bicyclic) bond motifs is 1. The smallest absolute Gasteiger partial charge is 0.405 e. The van der Waals surface area contributed by atoms with Crippen molar-refractivity contribution in [1.82, 2.24) is 9.88 Å². The average Bonchev–Trinajstić information content (AvgIpc) is 3.75. The number of aromatic nitrogens is 1. The highest BCUT2D eigenvalue weighted by Crippen LogP contribution is 2.44. The number of carboxylic acid groups (broad SMARTS) is 1. The number of methoxy groups -OCH3 is 1. The summed E-state index contributed by atoms with van der Waals surface area (Å²) in [5.41, 5.74) is 3.98. The van der Waals surface area contributed by atoms with Crippen LogP contribution in [0.25, 0.3) is 10.9 Å². The molecule has 2 aliphatic rings. The van der Waals surface area contributed by atoms with Crippen LogP contribution in [0, 0.1) is 11.7 Å². The second kappa shape index (κ2) is 14.1. The van der Waals surface area contributed by atoms with Crippen LogP contribution in [0.4, 0.5) is 19.3 Å². The molecule has 0 unspecified atom stereocenters. The van der Waals surface area contributed by atoms with Gasteiger partial charge in [0.2, 0.25) is 11.3 Å². The number of halogens is 2. The number of primary amides is 1. The summed E-state index contributed by atoms with van der Waals surface area (Å²) in [7, 11) is 1.37. The summed E-state index contributed by atoms with van der Waals surface area (Å²) in [4.78, 5) is 48.1. The third-order valence-corrected chi connectivity index (χ3v) is 7.00. The molecule has 1 aliphatic heterocycles. The first-order valence-electron chi connectivity index (χ1n) is 14.6. The summed E-state index contributed by atoms with van der Waals surface area (Å²) in [6, 6.07) is 1.04. The van der Waals surface area contributed by atoms with Gasteiger partial charge in [-0.25, -0.2) is 18.4 Å². The normalized spacial score (nSPS) is 16.2. The number of nitrogens with two attached hydrogens (primary N) is 1. The molecule has 4 rings (SSSR count). The molecule has 1 saturated heterocycles. The van der Waals surface area contributed by atoms with Crippen molar-refractivity contribution in [2.24, 2.45) is 11.7 Å². The number of carbonyl (C=O) groups excluding carboxylic acids is 2. The summed E-state index contributed by atoms with van der Waals surface area (Å²) in [5.74, 6) is -2.51. The van der Waals surface area contributed by atoms with Gasteiger partial charge in [0.05, 0.1) is 24.6 Å². The van der Waals surface area contributed by atoms with Crippen LogP contribution in [0.2, 0.25) is 0 Å². The summed E-state index contributed by atoms with van der Waals surface area (Å²) in [5, 5.41) is 12.0. The highest BCUT2D eigenvalue weighted by molar-refractivity contribution is 5.97. The molecule has 242 valence electrons. The molecular weight excluding hydrogens is 578 g/mol. The summed E-state index contributed by atoms with van der Waals surface area (Å²) >= 11 is 0. The zero-order chi connectivity index (χ0) is 32.9. The third-order valence-electron chi connectivity index (χ3n) is 7.00. The number of piperidine rings is 1. The summed E-state index contributed by atoms with van der Waals surface area (Å²) < 4.78 is 42.4. The molecule has 4 N–H and O–H groups in total. The second-order valence-corrected chi connectivity index (χ2v) is 12.4. The molecule has 0 radical (unpaired) electrons. The number of pyridine rings is 1. The van der Waals surface area contributed by atoms with E-state index >= 15 is 4.39 Å². The van der Waals surface area contributed by atoms with Gasteiger partial charge in [-0.2, -0.15) is 0 Å². The minimum absolute atomic E-state index is 0.0119. The molecule has 2 heterocycles. The predicted octanol–water partition coefficient (Wildman–Crippen LogP) is 5.05. The van der Waals surface area contributed by atoms with Crippen molar-refractivity contribution < 1.29 is 37.7 Å². The van der Waals surface area contributed by atoms with Crippen molar-refractivity contribution in [3.63, 3.8) is 0 Å². The van der Waals surface area contributed by atoms with Gasteiger partial charge in [0.25, 0.3) is 0 Å². The highest BCUT2D eigenvalue weighted by atomic mass is 19.1. The van der Waals surface area contributed by atoms with Crippen LogP contribution >= 0.6 is 0 Å². The van der Waals surface area contributed by atoms with Crippen LogP contribution in [0.3, 0.4) is 0 Å². The molecule has 0 spiro atoms. The van der Waals surface area contributed by atoms with Crippen LogP contribution in [-0.2, 0) is 9.53 Å². The van der Waals surface area contributed by atoms with Crippen molar-refractivity contribution in [3.05, 3.63) is 45.3 Å². The monoisotopic (exact) mass is 620 g/mol. The topological polar surface area (TPSA) is 153 Å². The second-order valence-electron chi connectivity index (χ2n) is 12.4. The SMILES string of the molecule is CC(C)(C)OC(N)=O.COc1c(N2CCC/C(=C(\F)CNC(=O)CC(C)C)C2)c(F)cc2c(=O)c(C(=O)O)cn(C3CC3)c12. The van der Waals surface area contributed by atoms with E-state index < -0.39 is 40.3 Å². The largest absolute Gasteiger partial charge is 0.492 e. The lowest BCUT2D eigenvalue weighted by Gasteiger charge is -2.33. The minimum Gasteiger partial charge on any atom is -0.492 e. The van der Waals surface area contributed by atoms with E-state index in [1.807, 2.05) is 13.8 Å². The first kappa shape index (κ1) is 34.3. The average molecular weight is 621 g/mol. The van der Waals surface area contributed by atoms with Crippen molar-refractivity contribution in [2.75, 3.05) is 31.6 Å². The lowest BCUT2D eigenvalue weighted by Crippen LogP contribution is -2.34. The van der Waals surface area contributed by atoms with Crippen LogP contribution < -0.4 is 26.1 Å². The number of nitrogens with one attached hydrogen (secondary N) is 1. The molecule has 2 fully saturated rings. The van der Waals surface area contributed by atoms with Gasteiger partial charge < -0.3 is 35.1 Å². The fourth-order valence-electron chi connectivity index (χ4n) is 5.05. The number of carbonyl (C=O) groups is 3. The fraction of sp³-hybridized carbons (Fsp3) is 0.548. The standard InChI is InChI=1S/C26H31F2N3O5.C5H11NO2/c1-14(2)9-21(32)29-11-20(28)15-5-4-8-30(12-15)23-19(27)10-17-22(25(23)36-3)31(16-6-7-16)13-18(24(17)33)26(34)35;1-5(2,3)8-4(6)7/h10,13-14,16H,4-9,11-12H2,1-3H3,(H,29,32)(H,34,35);1-3H3,(H2,6,7)/b20-15+;. The van der Waals surface area contributed by atoms with E-state index in [1.54, 1.807) is 30.2 Å². The summed E-state index contributed by atoms with van der Waals surface area (Å²) in [6.45, 7) is 9.43. The Morgan fingerprint density at radius 3 is 2.39 bits per heavy atom. The molecule has 11 nitrogen and oxygen atoms in total. The first-order chi connectivity index (χ1) is 20.5. The van der Waals surface area contributed by atoms with E-state index in [-0.39, 0.29) is 47.8 Å². The maximum Gasteiger partial charge on any atom is 0.405 e. The number of aromatic carboxylic acids is 1. The van der Waals surface area contributed by atoms with E-state index in [2.05, 4.69) is 10.1 Å². The molecule has 0 bridgehead atoms. The Morgan fingerprint density at radius 1 is 1.23 bits per heavy atom. The van der Waals surface area contributed by atoms with Crippen molar-refractivity contribution in [2.45, 2.75) is 78.4 Å². The number of rotatable bonds is 8. The predicted molar refractivity (Wildman–Crippen MR) is 162 cm³/mol. The Hall–Kier alpha value is -4.16. The van der Waals surface area contributed by atoms with Gasteiger partial charge in [0.1, 0.15) is 22.7 Å². The Bertz CT molecular complexity index is 1510.